The lowest BCUT2D eigenvalue weighted by Crippen LogP contribution is -2.44. The van der Waals surface area contributed by atoms with Gasteiger partial charge in [-0.15, -0.1) is 0 Å². The van der Waals surface area contributed by atoms with Crippen LogP contribution in [0.1, 0.15) is 29.6 Å². The number of benzene rings is 1. The zero-order valence-corrected chi connectivity index (χ0v) is 11.8. The molecule has 0 spiro atoms. The molecule has 0 aliphatic carbocycles. The highest BCUT2D eigenvalue weighted by Gasteiger charge is 2.22. The molecule has 1 aliphatic rings. The van der Waals surface area contributed by atoms with E-state index in [9.17, 15) is 4.79 Å². The van der Waals surface area contributed by atoms with Crippen LogP contribution in [0.5, 0.6) is 0 Å². The Bertz CT molecular complexity index is 450. The van der Waals surface area contributed by atoms with Gasteiger partial charge in [-0.05, 0) is 53.4 Å². The molecule has 1 aromatic rings. The minimum Gasteiger partial charge on any atom is -0.367 e. The van der Waals surface area contributed by atoms with Crippen LogP contribution in [0, 0.1) is 0 Å². The molecule has 0 aromatic heterocycles. The highest BCUT2D eigenvalue weighted by atomic mass is 79.9. The summed E-state index contributed by atoms with van der Waals surface area (Å²) < 4.78 is 0.744. The van der Waals surface area contributed by atoms with Gasteiger partial charge in [0.25, 0.3) is 0 Å². The molecule has 98 valence electrons. The number of anilines is 1. The van der Waals surface area contributed by atoms with Crippen molar-refractivity contribution < 1.29 is 4.79 Å². The van der Waals surface area contributed by atoms with E-state index < -0.39 is 5.91 Å². The van der Waals surface area contributed by atoms with E-state index in [1.165, 1.54) is 12.8 Å². The monoisotopic (exact) mass is 311 g/mol. The molecule has 5 heteroatoms. The fraction of sp³-hybridized carbons (Fsp3) is 0.462. The Morgan fingerprint density at radius 3 is 2.83 bits per heavy atom. The smallest absolute Gasteiger partial charge is 0.249 e. The number of carbonyl (C=O) groups is 1. The second-order valence-corrected chi connectivity index (χ2v) is 5.46. The normalized spacial score (nSPS) is 19.9. The summed E-state index contributed by atoms with van der Waals surface area (Å²) in [7, 11) is 0. The van der Waals surface area contributed by atoms with E-state index in [1.54, 1.807) is 6.07 Å². The molecule has 18 heavy (non-hydrogen) atoms. The van der Waals surface area contributed by atoms with Gasteiger partial charge in [-0.1, -0.05) is 0 Å². The van der Waals surface area contributed by atoms with Gasteiger partial charge in [-0.3, -0.25) is 4.79 Å². The van der Waals surface area contributed by atoms with Crippen molar-refractivity contribution in [2.75, 3.05) is 18.0 Å². The van der Waals surface area contributed by atoms with Crippen molar-refractivity contribution >= 4 is 27.5 Å². The Morgan fingerprint density at radius 2 is 2.22 bits per heavy atom. The van der Waals surface area contributed by atoms with Crippen LogP contribution in [0.2, 0.25) is 0 Å². The molecule has 1 fully saturated rings. The highest BCUT2D eigenvalue weighted by Crippen LogP contribution is 2.28. The predicted molar refractivity (Wildman–Crippen MR) is 76.7 cm³/mol. The van der Waals surface area contributed by atoms with Crippen LogP contribution in [-0.2, 0) is 0 Å². The summed E-state index contributed by atoms with van der Waals surface area (Å²) in [6.45, 7) is 1.68. The standard InChI is InChI=1S/C13H18BrN3O/c14-12-7-9(4-5-11(12)13(16)18)17-6-2-1-3-10(17)8-15/h4-5,7,10H,1-3,6,8,15H2,(H2,16,18). The first-order chi connectivity index (χ1) is 8.63. The number of carbonyl (C=O) groups excluding carboxylic acids is 1. The van der Waals surface area contributed by atoms with Gasteiger partial charge in [-0.2, -0.15) is 0 Å². The van der Waals surface area contributed by atoms with Crippen LogP contribution in [0.15, 0.2) is 22.7 Å². The zero-order valence-electron chi connectivity index (χ0n) is 10.2. The first-order valence-corrected chi connectivity index (χ1v) is 6.99. The number of hydrogen-bond acceptors (Lipinski definition) is 3. The molecular formula is C13H18BrN3O. The third-order valence-corrected chi connectivity index (χ3v) is 4.11. The van der Waals surface area contributed by atoms with Crippen molar-refractivity contribution in [2.45, 2.75) is 25.3 Å². The molecule has 4 nitrogen and oxygen atoms in total. The minimum atomic E-state index is -0.414. The Kier molecular flexibility index (Phi) is 4.24. The van der Waals surface area contributed by atoms with Crippen LogP contribution < -0.4 is 16.4 Å². The lowest BCUT2D eigenvalue weighted by molar-refractivity contribution is 0.0999. The molecule has 1 amide bonds. The van der Waals surface area contributed by atoms with Crippen LogP contribution in [0.3, 0.4) is 0 Å². The molecule has 0 radical (unpaired) electrons. The van der Waals surface area contributed by atoms with Crippen LogP contribution in [0.25, 0.3) is 0 Å². The van der Waals surface area contributed by atoms with Crippen LogP contribution in [-0.4, -0.2) is 25.0 Å². The highest BCUT2D eigenvalue weighted by molar-refractivity contribution is 9.10. The molecule has 1 atom stereocenters. The number of amides is 1. The number of nitrogens with zero attached hydrogens (tertiary/aromatic N) is 1. The number of piperidine rings is 1. The van der Waals surface area contributed by atoms with Gasteiger partial charge in [-0.25, -0.2) is 0 Å². The van der Waals surface area contributed by atoms with Gasteiger partial charge < -0.3 is 16.4 Å². The first-order valence-electron chi connectivity index (χ1n) is 6.19. The van der Waals surface area contributed by atoms with E-state index in [0.29, 0.717) is 18.2 Å². The molecule has 1 aromatic carbocycles. The van der Waals surface area contributed by atoms with Gasteiger partial charge in [0.1, 0.15) is 0 Å². The zero-order chi connectivity index (χ0) is 13.1. The molecule has 1 aliphatic heterocycles. The number of rotatable bonds is 3. The van der Waals surface area contributed by atoms with Gasteiger partial charge in [0.15, 0.2) is 0 Å². The van der Waals surface area contributed by atoms with Gasteiger partial charge in [0.2, 0.25) is 5.91 Å². The number of nitrogens with two attached hydrogens (primary N) is 2. The maximum absolute atomic E-state index is 11.2. The second-order valence-electron chi connectivity index (χ2n) is 4.61. The van der Waals surface area contributed by atoms with Crippen molar-refractivity contribution in [1.82, 2.24) is 0 Å². The lowest BCUT2D eigenvalue weighted by Gasteiger charge is -2.37. The fourth-order valence-electron chi connectivity index (χ4n) is 2.47. The summed E-state index contributed by atoms with van der Waals surface area (Å²) in [6.07, 6.45) is 3.55. The largest absolute Gasteiger partial charge is 0.367 e. The third-order valence-electron chi connectivity index (χ3n) is 3.45. The minimum absolute atomic E-state index is 0.394. The molecule has 0 saturated carbocycles. The van der Waals surface area contributed by atoms with E-state index in [1.807, 2.05) is 12.1 Å². The van der Waals surface area contributed by atoms with Gasteiger partial charge >= 0.3 is 0 Å². The number of hydrogen-bond donors (Lipinski definition) is 2. The van der Waals surface area contributed by atoms with E-state index in [2.05, 4.69) is 20.8 Å². The van der Waals surface area contributed by atoms with E-state index in [4.69, 9.17) is 11.5 Å². The van der Waals surface area contributed by atoms with Gasteiger partial charge in [0, 0.05) is 29.3 Å². The molecule has 4 N–H and O–H groups in total. The van der Waals surface area contributed by atoms with E-state index in [-0.39, 0.29) is 0 Å². The second kappa shape index (κ2) is 5.71. The lowest BCUT2D eigenvalue weighted by atomic mass is 10.0. The summed E-state index contributed by atoms with van der Waals surface area (Å²) in [4.78, 5) is 13.5. The summed E-state index contributed by atoms with van der Waals surface area (Å²) in [5.74, 6) is -0.414. The topological polar surface area (TPSA) is 72.3 Å². The average molecular weight is 312 g/mol. The molecule has 1 heterocycles. The van der Waals surface area contributed by atoms with Crippen molar-refractivity contribution in [1.29, 1.82) is 0 Å². The fourth-order valence-corrected chi connectivity index (χ4v) is 3.03. The van der Waals surface area contributed by atoms with Gasteiger partial charge in [0.05, 0.1) is 5.56 Å². The quantitative estimate of drug-likeness (QED) is 0.895. The SMILES string of the molecule is NCC1CCCCN1c1ccc(C(N)=O)c(Br)c1. The molecule has 1 saturated heterocycles. The maximum Gasteiger partial charge on any atom is 0.249 e. The summed E-state index contributed by atoms with van der Waals surface area (Å²) >= 11 is 3.40. The predicted octanol–water partition coefficient (Wildman–Crippen LogP) is 1.87. The maximum atomic E-state index is 11.2. The van der Waals surface area contributed by atoms with Crippen molar-refractivity contribution in [2.24, 2.45) is 11.5 Å². The summed E-state index contributed by atoms with van der Waals surface area (Å²) in [5, 5.41) is 0. The Hall–Kier alpha value is -1.07. The van der Waals surface area contributed by atoms with E-state index >= 15 is 0 Å². The van der Waals surface area contributed by atoms with Crippen molar-refractivity contribution in [3.63, 3.8) is 0 Å². The summed E-state index contributed by atoms with van der Waals surface area (Å²) in [5.41, 5.74) is 12.7. The molecule has 1 unspecified atom stereocenters. The van der Waals surface area contributed by atoms with Crippen molar-refractivity contribution in [3.05, 3.63) is 28.2 Å². The van der Waals surface area contributed by atoms with Crippen LogP contribution >= 0.6 is 15.9 Å². The Balaban J connectivity index is 2.27. The molecular weight excluding hydrogens is 294 g/mol. The molecule has 2 rings (SSSR count). The van der Waals surface area contributed by atoms with Crippen LogP contribution in [0.4, 0.5) is 5.69 Å². The van der Waals surface area contributed by atoms with E-state index in [0.717, 1.165) is 23.1 Å². The number of primary amides is 1. The Morgan fingerprint density at radius 1 is 1.44 bits per heavy atom. The first kappa shape index (κ1) is 13.4. The molecule has 0 bridgehead atoms. The number of halogens is 1. The average Bonchev–Trinajstić information content (AvgIpc) is 2.38. The van der Waals surface area contributed by atoms with Crippen molar-refractivity contribution in [3.8, 4) is 0 Å². The summed E-state index contributed by atoms with van der Waals surface area (Å²) in [6, 6.07) is 6.06. The Labute approximate surface area is 115 Å². The third kappa shape index (κ3) is 2.67.